The van der Waals surface area contributed by atoms with Gasteiger partial charge in [-0.3, -0.25) is 0 Å². The quantitative estimate of drug-likeness (QED) is 0.593. The molecule has 5 rings (SSSR count). The monoisotopic (exact) mass is 442 g/mol. The second-order valence-corrected chi connectivity index (χ2v) is 10.2. The van der Waals surface area contributed by atoms with E-state index in [9.17, 15) is 8.42 Å². The number of benzene rings is 1. The molecule has 2 aromatic heterocycles. The second-order valence-electron chi connectivity index (χ2n) is 8.31. The van der Waals surface area contributed by atoms with Gasteiger partial charge in [-0.2, -0.15) is 4.31 Å². The molecule has 0 N–H and O–H groups in total. The van der Waals surface area contributed by atoms with Crippen LogP contribution in [0.15, 0.2) is 50.5 Å². The Morgan fingerprint density at radius 2 is 1.71 bits per heavy atom. The number of rotatable bonds is 5. The highest BCUT2D eigenvalue weighted by Crippen LogP contribution is 2.35. The van der Waals surface area contributed by atoms with Crippen LogP contribution in [-0.2, 0) is 10.0 Å². The van der Waals surface area contributed by atoms with E-state index in [1.165, 1.54) is 35.0 Å². The number of piperazine rings is 1. The summed E-state index contributed by atoms with van der Waals surface area (Å²) in [6.07, 6.45) is 5.84. The highest BCUT2D eigenvalue weighted by atomic mass is 32.2. The molecule has 1 aliphatic carbocycles. The molecule has 2 aliphatic rings. The summed E-state index contributed by atoms with van der Waals surface area (Å²) >= 11 is 0. The molecular weight excluding hydrogens is 416 g/mol. The summed E-state index contributed by atoms with van der Waals surface area (Å²) in [5.74, 6) is 1.24. The summed E-state index contributed by atoms with van der Waals surface area (Å²) in [6.45, 7) is 4.11. The van der Waals surface area contributed by atoms with E-state index in [0.717, 1.165) is 18.5 Å². The van der Waals surface area contributed by atoms with Gasteiger partial charge in [0.25, 0.3) is 15.9 Å². The van der Waals surface area contributed by atoms with Gasteiger partial charge < -0.3 is 13.7 Å². The van der Waals surface area contributed by atoms with E-state index >= 15 is 0 Å². The molecule has 1 saturated carbocycles. The zero-order valence-electron chi connectivity index (χ0n) is 17.5. The van der Waals surface area contributed by atoms with Crippen molar-refractivity contribution in [2.24, 2.45) is 0 Å². The summed E-state index contributed by atoms with van der Waals surface area (Å²) in [6, 6.07) is 9.76. The normalized spacial score (nSPS) is 18.7. The third kappa shape index (κ3) is 3.99. The van der Waals surface area contributed by atoms with Crippen LogP contribution in [0.5, 0.6) is 0 Å². The fourth-order valence-electron chi connectivity index (χ4n) is 4.32. The van der Waals surface area contributed by atoms with Crippen molar-refractivity contribution in [3.8, 4) is 11.5 Å². The van der Waals surface area contributed by atoms with E-state index < -0.39 is 10.0 Å². The predicted octanol–water partition coefficient (Wildman–Crippen LogP) is 3.81. The average Bonchev–Trinajstić information content (AvgIpc) is 3.55. The summed E-state index contributed by atoms with van der Waals surface area (Å²) < 4.78 is 38.9. The second kappa shape index (κ2) is 8.12. The van der Waals surface area contributed by atoms with Crippen molar-refractivity contribution in [1.82, 2.24) is 14.5 Å². The van der Waals surface area contributed by atoms with Gasteiger partial charge in [0.05, 0.1) is 5.56 Å². The van der Waals surface area contributed by atoms with Gasteiger partial charge in [0.15, 0.2) is 0 Å². The molecule has 9 heteroatoms. The van der Waals surface area contributed by atoms with Crippen LogP contribution in [0, 0.1) is 6.92 Å². The molecule has 2 fully saturated rings. The summed E-state index contributed by atoms with van der Waals surface area (Å²) in [7, 11) is -3.72. The van der Waals surface area contributed by atoms with Gasteiger partial charge in [0.1, 0.15) is 6.26 Å². The lowest BCUT2D eigenvalue weighted by molar-refractivity contribution is 0.362. The molecule has 3 heterocycles. The molecule has 8 nitrogen and oxygen atoms in total. The highest BCUT2D eigenvalue weighted by Gasteiger charge is 2.32. The van der Waals surface area contributed by atoms with Crippen LogP contribution < -0.4 is 4.90 Å². The van der Waals surface area contributed by atoms with Crippen molar-refractivity contribution in [2.45, 2.75) is 43.6 Å². The fraction of sp³-hybridized carbons (Fsp3) is 0.455. The maximum absolute atomic E-state index is 13.1. The predicted molar refractivity (Wildman–Crippen MR) is 115 cm³/mol. The van der Waals surface area contributed by atoms with Crippen LogP contribution in [0.25, 0.3) is 11.5 Å². The van der Waals surface area contributed by atoms with Gasteiger partial charge in [-0.05, 0) is 31.9 Å². The van der Waals surface area contributed by atoms with Crippen LogP contribution in [0.4, 0.5) is 5.69 Å². The van der Waals surface area contributed by atoms with Crippen molar-refractivity contribution in [1.29, 1.82) is 0 Å². The van der Waals surface area contributed by atoms with Gasteiger partial charge in [0, 0.05) is 43.9 Å². The average molecular weight is 443 g/mol. The Morgan fingerprint density at radius 3 is 2.42 bits per heavy atom. The van der Waals surface area contributed by atoms with Crippen molar-refractivity contribution >= 4 is 15.7 Å². The molecule has 164 valence electrons. The third-order valence-electron chi connectivity index (χ3n) is 6.20. The first-order chi connectivity index (χ1) is 15.0. The van der Waals surface area contributed by atoms with Gasteiger partial charge in [0.2, 0.25) is 11.0 Å². The molecule has 0 radical (unpaired) electrons. The Labute approximate surface area is 181 Å². The van der Waals surface area contributed by atoms with Crippen LogP contribution in [0.1, 0.15) is 43.1 Å². The van der Waals surface area contributed by atoms with Crippen LogP contribution >= 0.6 is 0 Å². The maximum Gasteiger partial charge on any atom is 0.276 e. The standard InChI is InChI=1S/C22H26N4O4S/c1-16-6-8-19(9-7-16)25-10-12-26(13-11-25)31(27,28)20-14-18(15-29-20)22-24-23-21(30-22)17-4-2-3-5-17/h6-9,14-15,17H,2-5,10-13H2,1H3. The minimum Gasteiger partial charge on any atom is -0.451 e. The number of aromatic nitrogens is 2. The Balaban J connectivity index is 1.27. The van der Waals surface area contributed by atoms with E-state index in [0.29, 0.717) is 49.4 Å². The van der Waals surface area contributed by atoms with Crippen LogP contribution in [0.3, 0.4) is 0 Å². The maximum atomic E-state index is 13.1. The SMILES string of the molecule is Cc1ccc(N2CCN(S(=O)(=O)c3cc(-c4nnc(C5CCCC5)o4)co3)CC2)cc1. The fourth-order valence-corrected chi connectivity index (χ4v) is 5.67. The topological polar surface area (TPSA) is 92.7 Å². The first-order valence-corrected chi connectivity index (χ1v) is 12.2. The summed E-state index contributed by atoms with van der Waals surface area (Å²) in [5, 5.41) is 8.16. The van der Waals surface area contributed by atoms with E-state index in [-0.39, 0.29) is 5.09 Å². The van der Waals surface area contributed by atoms with Gasteiger partial charge in [-0.1, -0.05) is 30.5 Å². The van der Waals surface area contributed by atoms with Gasteiger partial charge in [-0.15, -0.1) is 10.2 Å². The minimum atomic E-state index is -3.72. The number of aryl methyl sites for hydroxylation is 1. The van der Waals surface area contributed by atoms with Gasteiger partial charge in [-0.25, -0.2) is 8.42 Å². The molecule has 31 heavy (non-hydrogen) atoms. The largest absolute Gasteiger partial charge is 0.451 e. The molecule has 1 aromatic carbocycles. The molecule has 0 bridgehead atoms. The highest BCUT2D eigenvalue weighted by molar-refractivity contribution is 7.89. The molecule has 0 atom stereocenters. The molecular formula is C22H26N4O4S. The molecule has 3 aromatic rings. The van der Waals surface area contributed by atoms with E-state index in [2.05, 4.69) is 46.3 Å². The molecule has 1 aliphatic heterocycles. The van der Waals surface area contributed by atoms with Gasteiger partial charge >= 0.3 is 0 Å². The lowest BCUT2D eigenvalue weighted by atomic mass is 10.1. The lowest BCUT2D eigenvalue weighted by Gasteiger charge is -2.34. The zero-order valence-corrected chi connectivity index (χ0v) is 18.3. The lowest BCUT2D eigenvalue weighted by Crippen LogP contribution is -2.48. The number of hydrogen-bond acceptors (Lipinski definition) is 7. The molecule has 0 amide bonds. The van der Waals surface area contributed by atoms with Crippen LogP contribution in [-0.4, -0.2) is 49.1 Å². The first kappa shape index (κ1) is 20.3. The Kier molecular flexibility index (Phi) is 5.31. The smallest absolute Gasteiger partial charge is 0.276 e. The Bertz CT molecular complexity index is 1140. The zero-order chi connectivity index (χ0) is 21.4. The Hall–Kier alpha value is -2.65. The number of anilines is 1. The summed E-state index contributed by atoms with van der Waals surface area (Å²) in [4.78, 5) is 2.20. The molecule has 1 saturated heterocycles. The van der Waals surface area contributed by atoms with Crippen molar-refractivity contribution < 1.29 is 17.3 Å². The number of nitrogens with zero attached hydrogens (tertiary/aromatic N) is 4. The molecule has 0 unspecified atom stereocenters. The van der Waals surface area contributed by atoms with Crippen molar-refractivity contribution in [3.05, 3.63) is 48.0 Å². The van der Waals surface area contributed by atoms with Crippen LogP contribution in [0.2, 0.25) is 0 Å². The minimum absolute atomic E-state index is 0.0908. The Morgan fingerprint density at radius 1 is 1.00 bits per heavy atom. The van der Waals surface area contributed by atoms with E-state index in [4.69, 9.17) is 8.83 Å². The third-order valence-corrected chi connectivity index (χ3v) is 7.97. The first-order valence-electron chi connectivity index (χ1n) is 10.7. The van der Waals surface area contributed by atoms with E-state index in [1.807, 2.05) is 0 Å². The van der Waals surface area contributed by atoms with Crippen molar-refractivity contribution in [2.75, 3.05) is 31.1 Å². The number of furan rings is 1. The van der Waals surface area contributed by atoms with E-state index in [1.54, 1.807) is 0 Å². The molecule has 0 spiro atoms. The summed E-state index contributed by atoms with van der Waals surface area (Å²) in [5.41, 5.74) is 2.81. The number of hydrogen-bond donors (Lipinski definition) is 0. The number of sulfonamides is 1. The van der Waals surface area contributed by atoms with Crippen molar-refractivity contribution in [3.63, 3.8) is 0 Å².